The van der Waals surface area contributed by atoms with Gasteiger partial charge >= 0.3 is 0 Å². The van der Waals surface area contributed by atoms with E-state index in [1.807, 2.05) is 6.92 Å². The Balaban J connectivity index is 1.86. The zero-order valence-corrected chi connectivity index (χ0v) is 9.69. The van der Waals surface area contributed by atoms with Crippen molar-refractivity contribution in [1.82, 2.24) is 10.3 Å². The number of ether oxygens (including phenoxy) is 1. The first-order valence-corrected chi connectivity index (χ1v) is 5.91. The van der Waals surface area contributed by atoms with E-state index < -0.39 is 0 Å². The average Bonchev–Trinajstić information content (AvgIpc) is 2.72. The molecule has 1 saturated carbocycles. The molecule has 1 aliphatic rings. The standard InChI is InChI=1S/C11H19N3O2/c1-8-10(14-16-13-8)7-15-11-5-3-2-4-9(11)6-12/h9,11H,2-7,12H2,1H3. The molecule has 2 rings (SSSR count). The minimum atomic E-state index is 0.273. The molecule has 0 spiro atoms. The van der Waals surface area contributed by atoms with Crippen LogP contribution >= 0.6 is 0 Å². The van der Waals surface area contributed by atoms with Crippen molar-refractivity contribution in [2.45, 2.75) is 45.3 Å². The van der Waals surface area contributed by atoms with Crippen molar-refractivity contribution < 1.29 is 9.37 Å². The largest absolute Gasteiger partial charge is 0.371 e. The molecule has 2 unspecified atom stereocenters. The maximum Gasteiger partial charge on any atom is 0.133 e. The van der Waals surface area contributed by atoms with E-state index in [-0.39, 0.29) is 6.10 Å². The van der Waals surface area contributed by atoms with Gasteiger partial charge in [0.15, 0.2) is 0 Å². The Labute approximate surface area is 95.3 Å². The van der Waals surface area contributed by atoms with E-state index in [1.165, 1.54) is 19.3 Å². The first-order valence-electron chi connectivity index (χ1n) is 5.91. The molecule has 2 atom stereocenters. The first kappa shape index (κ1) is 11.5. The van der Waals surface area contributed by atoms with Crippen molar-refractivity contribution in [3.05, 3.63) is 11.4 Å². The maximum atomic E-state index is 5.87. The smallest absolute Gasteiger partial charge is 0.133 e. The zero-order valence-electron chi connectivity index (χ0n) is 9.69. The van der Waals surface area contributed by atoms with Gasteiger partial charge in [-0.3, -0.25) is 0 Å². The average molecular weight is 225 g/mol. The van der Waals surface area contributed by atoms with Crippen LogP contribution in [0.3, 0.4) is 0 Å². The maximum absolute atomic E-state index is 5.87. The number of nitrogens with two attached hydrogens (primary N) is 1. The molecule has 0 aliphatic heterocycles. The Morgan fingerprint density at radius 1 is 1.38 bits per heavy atom. The van der Waals surface area contributed by atoms with Crippen LogP contribution in [0.25, 0.3) is 0 Å². The highest BCUT2D eigenvalue weighted by Gasteiger charge is 2.25. The third-order valence-electron chi connectivity index (χ3n) is 3.32. The summed E-state index contributed by atoms with van der Waals surface area (Å²) >= 11 is 0. The third-order valence-corrected chi connectivity index (χ3v) is 3.32. The highest BCUT2D eigenvalue weighted by Crippen LogP contribution is 2.26. The van der Waals surface area contributed by atoms with Gasteiger partial charge in [-0.2, -0.15) is 0 Å². The van der Waals surface area contributed by atoms with E-state index in [1.54, 1.807) is 0 Å². The minimum absolute atomic E-state index is 0.273. The molecule has 90 valence electrons. The van der Waals surface area contributed by atoms with Gasteiger partial charge in [-0.05, 0) is 32.2 Å². The molecular formula is C11H19N3O2. The highest BCUT2D eigenvalue weighted by atomic mass is 16.6. The molecule has 0 saturated heterocycles. The van der Waals surface area contributed by atoms with Gasteiger partial charge in [-0.1, -0.05) is 23.2 Å². The summed E-state index contributed by atoms with van der Waals surface area (Å²) in [5.41, 5.74) is 7.34. The second-order valence-corrected chi connectivity index (χ2v) is 4.43. The van der Waals surface area contributed by atoms with E-state index in [2.05, 4.69) is 14.9 Å². The van der Waals surface area contributed by atoms with E-state index in [4.69, 9.17) is 10.5 Å². The number of hydrogen-bond donors (Lipinski definition) is 1. The van der Waals surface area contributed by atoms with E-state index in [0.717, 1.165) is 17.8 Å². The number of aromatic nitrogens is 2. The van der Waals surface area contributed by atoms with Gasteiger partial charge in [0.1, 0.15) is 11.4 Å². The lowest BCUT2D eigenvalue weighted by Crippen LogP contribution is -2.33. The third kappa shape index (κ3) is 2.59. The van der Waals surface area contributed by atoms with Gasteiger partial charge in [0.25, 0.3) is 0 Å². The number of nitrogens with zero attached hydrogens (tertiary/aromatic N) is 2. The summed E-state index contributed by atoms with van der Waals surface area (Å²) in [6.45, 7) is 3.06. The molecule has 0 bridgehead atoms. The van der Waals surface area contributed by atoms with E-state index >= 15 is 0 Å². The summed E-state index contributed by atoms with van der Waals surface area (Å²) in [7, 11) is 0. The lowest BCUT2D eigenvalue weighted by Gasteiger charge is -2.30. The molecule has 1 aliphatic carbocycles. The van der Waals surface area contributed by atoms with Gasteiger partial charge in [0.05, 0.1) is 12.7 Å². The molecule has 5 heteroatoms. The molecule has 2 N–H and O–H groups in total. The fraction of sp³-hybridized carbons (Fsp3) is 0.818. The number of rotatable bonds is 4. The number of aryl methyl sites for hydroxylation is 1. The molecule has 1 aromatic rings. The predicted molar refractivity (Wildman–Crippen MR) is 58.6 cm³/mol. The van der Waals surface area contributed by atoms with Gasteiger partial charge in [-0.25, -0.2) is 4.63 Å². The lowest BCUT2D eigenvalue weighted by atomic mass is 9.86. The Bertz CT molecular complexity index is 327. The van der Waals surface area contributed by atoms with Crippen LogP contribution in [0, 0.1) is 12.8 Å². The van der Waals surface area contributed by atoms with Gasteiger partial charge in [-0.15, -0.1) is 0 Å². The van der Waals surface area contributed by atoms with Crippen LogP contribution in [-0.4, -0.2) is 23.0 Å². The minimum Gasteiger partial charge on any atom is -0.371 e. The van der Waals surface area contributed by atoms with Crippen LogP contribution in [-0.2, 0) is 11.3 Å². The second kappa shape index (κ2) is 5.41. The molecule has 5 nitrogen and oxygen atoms in total. The first-order chi connectivity index (χ1) is 7.81. The van der Waals surface area contributed by atoms with Gasteiger partial charge < -0.3 is 10.5 Å². The molecule has 1 fully saturated rings. The fourth-order valence-electron chi connectivity index (χ4n) is 2.23. The molecule has 1 heterocycles. The Morgan fingerprint density at radius 3 is 2.88 bits per heavy atom. The zero-order chi connectivity index (χ0) is 11.4. The van der Waals surface area contributed by atoms with Crippen LogP contribution in [0.1, 0.15) is 37.1 Å². The molecule has 0 aromatic carbocycles. The van der Waals surface area contributed by atoms with Crippen LogP contribution in [0.2, 0.25) is 0 Å². The Kier molecular flexibility index (Phi) is 3.90. The Morgan fingerprint density at radius 2 is 2.19 bits per heavy atom. The highest BCUT2D eigenvalue weighted by molar-refractivity contribution is 5.02. The summed E-state index contributed by atoms with van der Waals surface area (Å²) in [6.07, 6.45) is 5.06. The number of hydrogen-bond acceptors (Lipinski definition) is 5. The summed E-state index contributed by atoms with van der Waals surface area (Å²) < 4.78 is 10.5. The predicted octanol–water partition coefficient (Wildman–Crippen LogP) is 1.41. The SMILES string of the molecule is Cc1nonc1COC1CCCCC1CN. The molecule has 16 heavy (non-hydrogen) atoms. The van der Waals surface area contributed by atoms with Crippen LogP contribution < -0.4 is 5.73 Å². The molecule has 1 aromatic heterocycles. The van der Waals surface area contributed by atoms with Crippen molar-refractivity contribution >= 4 is 0 Å². The topological polar surface area (TPSA) is 74.2 Å². The summed E-state index contributed by atoms with van der Waals surface area (Å²) in [5.74, 6) is 0.494. The quantitative estimate of drug-likeness (QED) is 0.838. The van der Waals surface area contributed by atoms with Crippen molar-refractivity contribution in [2.75, 3.05) is 6.54 Å². The summed E-state index contributed by atoms with van der Waals surface area (Å²) in [4.78, 5) is 0. The summed E-state index contributed by atoms with van der Waals surface area (Å²) in [6, 6.07) is 0. The normalized spacial score (nSPS) is 25.9. The second-order valence-electron chi connectivity index (χ2n) is 4.43. The fourth-order valence-corrected chi connectivity index (χ4v) is 2.23. The Hall–Kier alpha value is -0.940. The van der Waals surface area contributed by atoms with Crippen LogP contribution in [0.4, 0.5) is 0 Å². The molecular weight excluding hydrogens is 206 g/mol. The monoisotopic (exact) mass is 225 g/mol. The van der Waals surface area contributed by atoms with E-state index in [0.29, 0.717) is 19.1 Å². The van der Waals surface area contributed by atoms with Crippen LogP contribution in [0.5, 0.6) is 0 Å². The van der Waals surface area contributed by atoms with Crippen LogP contribution in [0.15, 0.2) is 4.63 Å². The van der Waals surface area contributed by atoms with Gasteiger partial charge in [0, 0.05) is 0 Å². The van der Waals surface area contributed by atoms with Gasteiger partial charge in [0.2, 0.25) is 0 Å². The van der Waals surface area contributed by atoms with E-state index in [9.17, 15) is 0 Å². The molecule has 0 amide bonds. The van der Waals surface area contributed by atoms with Crippen molar-refractivity contribution in [3.63, 3.8) is 0 Å². The molecule has 0 radical (unpaired) electrons. The lowest BCUT2D eigenvalue weighted by molar-refractivity contribution is -0.0205. The van der Waals surface area contributed by atoms with Crippen molar-refractivity contribution in [2.24, 2.45) is 11.7 Å². The van der Waals surface area contributed by atoms with Crippen molar-refractivity contribution in [1.29, 1.82) is 0 Å². The summed E-state index contributed by atoms with van der Waals surface area (Å²) in [5, 5.41) is 7.54. The van der Waals surface area contributed by atoms with Crippen molar-refractivity contribution in [3.8, 4) is 0 Å².